The maximum absolute atomic E-state index is 14.4. The first kappa shape index (κ1) is 22.3. The number of hydrogen-bond donors (Lipinski definition) is 3. The number of hydrazone groups is 1. The van der Waals surface area contributed by atoms with Crippen molar-refractivity contribution in [2.45, 2.75) is 38.4 Å². The lowest BCUT2D eigenvalue weighted by Gasteiger charge is -2.45. The summed E-state index contributed by atoms with van der Waals surface area (Å²) in [5.74, 6) is -6.39. The van der Waals surface area contributed by atoms with Gasteiger partial charge < -0.3 is 14.9 Å². The van der Waals surface area contributed by atoms with Crippen LogP contribution in [0.2, 0.25) is 0 Å². The predicted octanol–water partition coefficient (Wildman–Crippen LogP) is 1.32. The van der Waals surface area contributed by atoms with Gasteiger partial charge in [0.1, 0.15) is 11.6 Å². The van der Waals surface area contributed by atoms with E-state index in [-0.39, 0.29) is 25.1 Å². The second kappa shape index (κ2) is 8.55. The number of benzene rings is 1. The van der Waals surface area contributed by atoms with E-state index in [9.17, 15) is 33.4 Å². The summed E-state index contributed by atoms with van der Waals surface area (Å²) in [6, 6.07) is 2.57. The summed E-state index contributed by atoms with van der Waals surface area (Å²) < 4.78 is 32.4. The number of carbonyl (C=O) groups excluding carboxylic acids is 3. The molecule has 1 saturated heterocycles. The highest BCUT2D eigenvalue weighted by Gasteiger charge is 2.60. The van der Waals surface area contributed by atoms with Crippen LogP contribution in [0.3, 0.4) is 0 Å². The Kier molecular flexibility index (Phi) is 5.95. The van der Waals surface area contributed by atoms with Gasteiger partial charge in [0.25, 0.3) is 0 Å². The summed E-state index contributed by atoms with van der Waals surface area (Å²) >= 11 is 0. The topological polar surface area (TPSA) is 129 Å². The number of imide groups is 1. The number of amides is 3. The fourth-order valence-electron chi connectivity index (χ4n) is 5.18. The average Bonchev–Trinajstić information content (AvgIpc) is 3.00. The summed E-state index contributed by atoms with van der Waals surface area (Å²) in [6.07, 6.45) is -2.74. The molecule has 1 aliphatic heterocycles. The lowest BCUT2D eigenvalue weighted by atomic mass is 9.60. The van der Waals surface area contributed by atoms with Gasteiger partial charge in [-0.05, 0) is 31.9 Å². The molecule has 1 heterocycles. The zero-order chi connectivity index (χ0) is 23.2. The monoisotopic (exact) mass is 451 g/mol. The van der Waals surface area contributed by atoms with Crippen LogP contribution in [0.5, 0.6) is 0 Å². The van der Waals surface area contributed by atoms with Crippen LogP contribution in [0.15, 0.2) is 23.3 Å². The molecule has 0 spiro atoms. The molecule has 2 aliphatic carbocycles. The summed E-state index contributed by atoms with van der Waals surface area (Å²) in [7, 11) is 0. The van der Waals surface area contributed by atoms with E-state index < -0.39 is 65.4 Å². The molecular weight excluding hydrogens is 428 g/mol. The fourth-order valence-corrected chi connectivity index (χ4v) is 5.18. The van der Waals surface area contributed by atoms with Crippen molar-refractivity contribution >= 4 is 29.3 Å². The maximum atomic E-state index is 14.4. The standard InChI is InChI=1S/C21H23F2N3O6/c1-2-32-21(31)25-24-13-8-15(27)18(28)16-10(13)4-5-11-17(16)20(30)26(19(11)29)14-6-3-9(22)7-12(14)23/h3,6-7,10-11,15-18,27-28H,2,4-5,8H2,1H3,(H,25,31)/b24-13+/t10-,11+,15+,16-,17+,18+/m0/s1. The second-order valence-corrected chi connectivity index (χ2v) is 8.20. The van der Waals surface area contributed by atoms with Gasteiger partial charge in [-0.25, -0.2) is 23.9 Å². The Bertz CT molecular complexity index is 986. The zero-order valence-corrected chi connectivity index (χ0v) is 17.2. The molecule has 4 rings (SSSR count). The summed E-state index contributed by atoms with van der Waals surface area (Å²) in [5, 5.41) is 25.2. The molecule has 0 aromatic heterocycles. The lowest BCUT2D eigenvalue weighted by molar-refractivity contribution is -0.132. The molecule has 3 amide bonds. The van der Waals surface area contributed by atoms with E-state index in [0.717, 1.165) is 12.1 Å². The number of halogens is 2. The minimum absolute atomic E-state index is 0.0232. The van der Waals surface area contributed by atoms with Crippen LogP contribution in [0.25, 0.3) is 0 Å². The molecule has 0 unspecified atom stereocenters. The number of aliphatic hydroxyl groups is 2. The Balaban J connectivity index is 1.66. The summed E-state index contributed by atoms with van der Waals surface area (Å²) in [6.45, 7) is 1.77. The first-order valence-corrected chi connectivity index (χ1v) is 10.4. The highest BCUT2D eigenvalue weighted by Crippen LogP contribution is 2.50. The van der Waals surface area contributed by atoms with Gasteiger partial charge in [-0.3, -0.25) is 9.59 Å². The number of rotatable bonds is 3. The first-order valence-electron chi connectivity index (χ1n) is 10.4. The minimum Gasteiger partial charge on any atom is -0.449 e. The van der Waals surface area contributed by atoms with E-state index in [1.54, 1.807) is 6.92 Å². The number of ether oxygens (including phenoxy) is 1. The van der Waals surface area contributed by atoms with Crippen LogP contribution in [-0.4, -0.2) is 52.6 Å². The van der Waals surface area contributed by atoms with E-state index in [1.165, 1.54) is 0 Å². The van der Waals surface area contributed by atoms with Crippen LogP contribution in [0, 0.1) is 35.3 Å². The number of carbonyl (C=O) groups is 3. The SMILES string of the molecule is CCOC(=O)N/N=C1\C[C@@H](O)[C@@H](O)[C@@H]2[C@@H]3C(=O)N(c4ccc(F)cc4F)C(=O)[C@@H]3CC[C@@H]12. The summed E-state index contributed by atoms with van der Waals surface area (Å²) in [5.41, 5.74) is 2.27. The second-order valence-electron chi connectivity index (χ2n) is 8.20. The molecule has 3 N–H and O–H groups in total. The molecule has 1 aromatic carbocycles. The number of aliphatic hydroxyl groups excluding tert-OH is 2. The Labute approximate surface area is 182 Å². The quantitative estimate of drug-likeness (QED) is 0.470. The normalized spacial score (nSPS) is 33.2. The molecule has 32 heavy (non-hydrogen) atoms. The van der Waals surface area contributed by atoms with Gasteiger partial charge in [-0.15, -0.1) is 0 Å². The van der Waals surface area contributed by atoms with Gasteiger partial charge in [-0.2, -0.15) is 5.10 Å². The van der Waals surface area contributed by atoms with Gasteiger partial charge in [0.2, 0.25) is 11.8 Å². The number of fused-ring (bicyclic) bond motifs is 3. The van der Waals surface area contributed by atoms with Crippen molar-refractivity contribution in [2.24, 2.45) is 28.8 Å². The third kappa shape index (κ3) is 3.65. The first-order chi connectivity index (χ1) is 15.2. The molecule has 11 heteroatoms. The summed E-state index contributed by atoms with van der Waals surface area (Å²) in [4.78, 5) is 38.6. The third-order valence-electron chi connectivity index (χ3n) is 6.50. The maximum Gasteiger partial charge on any atom is 0.427 e. The molecule has 9 nitrogen and oxygen atoms in total. The molecule has 3 fully saturated rings. The number of nitrogens with one attached hydrogen (secondary N) is 1. The molecule has 3 aliphatic rings. The van der Waals surface area contributed by atoms with Crippen molar-refractivity contribution in [2.75, 3.05) is 11.5 Å². The molecular formula is C21H23F2N3O6. The van der Waals surface area contributed by atoms with Crippen LogP contribution < -0.4 is 10.3 Å². The Morgan fingerprint density at radius 1 is 1.22 bits per heavy atom. The highest BCUT2D eigenvalue weighted by atomic mass is 19.1. The van der Waals surface area contributed by atoms with Crippen molar-refractivity contribution in [3.63, 3.8) is 0 Å². The van der Waals surface area contributed by atoms with Crippen LogP contribution in [-0.2, 0) is 14.3 Å². The lowest BCUT2D eigenvalue weighted by Crippen LogP contribution is -2.55. The molecule has 0 bridgehead atoms. The van der Waals surface area contributed by atoms with Gasteiger partial charge in [0.05, 0.1) is 36.3 Å². The van der Waals surface area contributed by atoms with Crippen molar-refractivity contribution in [3.05, 3.63) is 29.8 Å². The number of anilines is 1. The van der Waals surface area contributed by atoms with Crippen LogP contribution in [0.1, 0.15) is 26.2 Å². The van der Waals surface area contributed by atoms with Gasteiger partial charge in [0, 0.05) is 30.0 Å². The van der Waals surface area contributed by atoms with Crippen LogP contribution >= 0.6 is 0 Å². The molecule has 172 valence electrons. The Morgan fingerprint density at radius 3 is 2.62 bits per heavy atom. The van der Waals surface area contributed by atoms with Crippen molar-refractivity contribution in [3.8, 4) is 0 Å². The molecule has 1 aromatic rings. The highest BCUT2D eigenvalue weighted by molar-refractivity contribution is 6.22. The molecule has 0 radical (unpaired) electrons. The van der Waals surface area contributed by atoms with E-state index in [0.29, 0.717) is 23.1 Å². The van der Waals surface area contributed by atoms with E-state index in [4.69, 9.17) is 4.74 Å². The minimum atomic E-state index is -1.32. The Hall–Kier alpha value is -2.92. The van der Waals surface area contributed by atoms with Crippen molar-refractivity contribution in [1.29, 1.82) is 0 Å². The average molecular weight is 451 g/mol. The van der Waals surface area contributed by atoms with E-state index in [2.05, 4.69) is 10.5 Å². The van der Waals surface area contributed by atoms with E-state index in [1.807, 2.05) is 0 Å². The van der Waals surface area contributed by atoms with Gasteiger partial charge >= 0.3 is 6.09 Å². The Morgan fingerprint density at radius 2 is 1.94 bits per heavy atom. The molecule has 6 atom stereocenters. The van der Waals surface area contributed by atoms with Crippen molar-refractivity contribution < 1.29 is 38.1 Å². The smallest absolute Gasteiger partial charge is 0.427 e. The number of nitrogens with zero attached hydrogens (tertiary/aromatic N) is 2. The van der Waals surface area contributed by atoms with Gasteiger partial charge in [0.15, 0.2) is 0 Å². The molecule has 2 saturated carbocycles. The fraction of sp³-hybridized carbons (Fsp3) is 0.524. The van der Waals surface area contributed by atoms with Crippen LogP contribution in [0.4, 0.5) is 19.3 Å². The number of hydrogen-bond acceptors (Lipinski definition) is 7. The van der Waals surface area contributed by atoms with Crippen molar-refractivity contribution in [1.82, 2.24) is 5.43 Å². The zero-order valence-electron chi connectivity index (χ0n) is 17.2. The largest absolute Gasteiger partial charge is 0.449 e. The van der Waals surface area contributed by atoms with Gasteiger partial charge in [-0.1, -0.05) is 0 Å². The third-order valence-corrected chi connectivity index (χ3v) is 6.50. The van der Waals surface area contributed by atoms with E-state index >= 15 is 0 Å². The predicted molar refractivity (Wildman–Crippen MR) is 106 cm³/mol.